The first-order valence-corrected chi connectivity index (χ1v) is 9.43. The highest BCUT2D eigenvalue weighted by molar-refractivity contribution is 6.03. The van der Waals surface area contributed by atoms with Crippen LogP contribution >= 0.6 is 0 Å². The van der Waals surface area contributed by atoms with Gasteiger partial charge in [0.1, 0.15) is 0 Å². The van der Waals surface area contributed by atoms with Crippen LogP contribution < -0.4 is 0 Å². The highest BCUT2D eigenvalue weighted by Crippen LogP contribution is 2.21. The molecule has 4 nitrogen and oxygen atoms in total. The highest BCUT2D eigenvalue weighted by Gasteiger charge is 2.19. The van der Waals surface area contributed by atoms with Crippen LogP contribution in [-0.2, 0) is 9.47 Å². The first kappa shape index (κ1) is 22.2. The lowest BCUT2D eigenvalue weighted by Gasteiger charge is -2.18. The molecule has 0 N–H and O–H groups in total. The number of carbonyl (C=O) groups excluding carboxylic acids is 2. The van der Waals surface area contributed by atoms with Gasteiger partial charge in [-0.3, -0.25) is 0 Å². The number of esters is 2. The minimum absolute atomic E-state index is 0.209. The van der Waals surface area contributed by atoms with E-state index in [4.69, 9.17) is 9.47 Å². The molecule has 0 aliphatic carbocycles. The molecular formula is C22H34O4. The quantitative estimate of drug-likeness (QED) is 0.443. The predicted molar refractivity (Wildman–Crippen MR) is 104 cm³/mol. The maximum absolute atomic E-state index is 12.3. The number of benzene rings is 1. The van der Waals surface area contributed by atoms with Crippen LogP contribution in [0.4, 0.5) is 0 Å². The predicted octanol–water partition coefficient (Wildman–Crippen LogP) is 5.65. The van der Waals surface area contributed by atoms with E-state index in [0.717, 1.165) is 25.7 Å². The molecule has 0 unspecified atom stereocenters. The summed E-state index contributed by atoms with van der Waals surface area (Å²) >= 11 is 0. The molecule has 26 heavy (non-hydrogen) atoms. The second-order valence-corrected chi connectivity index (χ2v) is 9.15. The fraction of sp³-hybridized carbons (Fsp3) is 0.636. The molecule has 1 rings (SSSR count). The molecule has 0 saturated carbocycles. The van der Waals surface area contributed by atoms with Gasteiger partial charge >= 0.3 is 11.9 Å². The minimum atomic E-state index is -0.471. The van der Waals surface area contributed by atoms with Crippen molar-refractivity contribution < 1.29 is 19.1 Å². The first-order valence-electron chi connectivity index (χ1n) is 9.43. The zero-order chi connectivity index (χ0) is 19.8. The Hall–Kier alpha value is -1.84. The van der Waals surface area contributed by atoms with Crippen molar-refractivity contribution in [2.45, 2.75) is 67.2 Å². The largest absolute Gasteiger partial charge is 0.462 e. The normalized spacial score (nSPS) is 11.9. The van der Waals surface area contributed by atoms with Gasteiger partial charge in [-0.2, -0.15) is 0 Å². The Bertz CT molecular complexity index is 538. The average molecular weight is 363 g/mol. The van der Waals surface area contributed by atoms with Crippen molar-refractivity contribution in [2.75, 3.05) is 13.2 Å². The summed E-state index contributed by atoms with van der Waals surface area (Å²) in [5.41, 5.74) is 0.954. The summed E-state index contributed by atoms with van der Waals surface area (Å²) in [7, 11) is 0. The molecular weight excluding hydrogens is 328 g/mol. The first-order chi connectivity index (χ1) is 12.0. The molecule has 0 atom stereocenters. The molecule has 0 heterocycles. The van der Waals surface area contributed by atoms with Crippen molar-refractivity contribution in [2.24, 2.45) is 10.8 Å². The van der Waals surface area contributed by atoms with E-state index in [0.29, 0.717) is 13.2 Å². The Kier molecular flexibility index (Phi) is 8.32. The van der Waals surface area contributed by atoms with Crippen LogP contribution in [0, 0.1) is 10.8 Å². The summed E-state index contributed by atoms with van der Waals surface area (Å²) < 4.78 is 10.7. The summed E-state index contributed by atoms with van der Waals surface area (Å²) in [6.45, 7) is 13.6. The third kappa shape index (κ3) is 9.02. The van der Waals surface area contributed by atoms with Gasteiger partial charge < -0.3 is 9.47 Å². The van der Waals surface area contributed by atoms with E-state index in [1.54, 1.807) is 24.3 Å². The standard InChI is InChI=1S/C22H34O4/c1-21(2,3)13-9-15-25-19(23)17-11-7-8-12-18(17)20(24)26-16-10-14-22(4,5)6/h7-8,11-12H,9-10,13-16H2,1-6H3. The molecule has 0 aliphatic heterocycles. The Morgan fingerprint density at radius 1 is 0.731 bits per heavy atom. The van der Waals surface area contributed by atoms with Crippen molar-refractivity contribution in [1.82, 2.24) is 0 Å². The van der Waals surface area contributed by atoms with Crippen molar-refractivity contribution in [1.29, 1.82) is 0 Å². The van der Waals surface area contributed by atoms with E-state index in [1.165, 1.54) is 0 Å². The van der Waals surface area contributed by atoms with Crippen LogP contribution in [0.5, 0.6) is 0 Å². The molecule has 0 fully saturated rings. The van der Waals surface area contributed by atoms with Crippen molar-refractivity contribution in [3.05, 3.63) is 35.4 Å². The zero-order valence-corrected chi connectivity index (χ0v) is 17.2. The minimum Gasteiger partial charge on any atom is -0.462 e. The van der Waals surface area contributed by atoms with Gasteiger partial charge in [0, 0.05) is 0 Å². The maximum Gasteiger partial charge on any atom is 0.339 e. The van der Waals surface area contributed by atoms with E-state index in [9.17, 15) is 9.59 Å². The van der Waals surface area contributed by atoms with Crippen LogP contribution in [0.3, 0.4) is 0 Å². The molecule has 1 aromatic carbocycles. The monoisotopic (exact) mass is 362 g/mol. The molecule has 146 valence electrons. The highest BCUT2D eigenvalue weighted by atomic mass is 16.5. The van der Waals surface area contributed by atoms with Gasteiger partial charge in [-0.05, 0) is 48.6 Å². The summed E-state index contributed by atoms with van der Waals surface area (Å²) in [6.07, 6.45) is 3.54. The summed E-state index contributed by atoms with van der Waals surface area (Å²) in [5.74, 6) is -0.942. The number of hydrogen-bond donors (Lipinski definition) is 0. The van der Waals surface area contributed by atoms with Crippen LogP contribution in [0.25, 0.3) is 0 Å². The van der Waals surface area contributed by atoms with Gasteiger partial charge in [0.2, 0.25) is 0 Å². The lowest BCUT2D eigenvalue weighted by molar-refractivity contribution is 0.0441. The Morgan fingerprint density at radius 3 is 1.38 bits per heavy atom. The van der Waals surface area contributed by atoms with E-state index in [2.05, 4.69) is 41.5 Å². The zero-order valence-electron chi connectivity index (χ0n) is 17.2. The van der Waals surface area contributed by atoms with Crippen molar-refractivity contribution in [3.63, 3.8) is 0 Å². The van der Waals surface area contributed by atoms with Crippen LogP contribution in [-0.4, -0.2) is 25.2 Å². The number of carbonyl (C=O) groups is 2. The molecule has 0 aromatic heterocycles. The van der Waals surface area contributed by atoms with Crippen LogP contribution in [0.1, 0.15) is 87.9 Å². The smallest absolute Gasteiger partial charge is 0.339 e. The van der Waals surface area contributed by atoms with Crippen LogP contribution in [0.15, 0.2) is 24.3 Å². The number of hydrogen-bond acceptors (Lipinski definition) is 4. The Balaban J connectivity index is 2.57. The second-order valence-electron chi connectivity index (χ2n) is 9.15. The Labute approximate surface area is 158 Å². The topological polar surface area (TPSA) is 52.6 Å². The van der Waals surface area contributed by atoms with Gasteiger partial charge in [-0.1, -0.05) is 53.7 Å². The maximum atomic E-state index is 12.3. The molecule has 4 heteroatoms. The van der Waals surface area contributed by atoms with E-state index >= 15 is 0 Å². The summed E-state index contributed by atoms with van der Waals surface area (Å²) in [6, 6.07) is 6.67. The van der Waals surface area contributed by atoms with E-state index in [-0.39, 0.29) is 22.0 Å². The molecule has 0 bridgehead atoms. The van der Waals surface area contributed by atoms with Gasteiger partial charge in [0.25, 0.3) is 0 Å². The van der Waals surface area contributed by atoms with Crippen molar-refractivity contribution in [3.8, 4) is 0 Å². The molecule has 0 radical (unpaired) electrons. The summed E-state index contributed by atoms with van der Waals surface area (Å²) in [5, 5.41) is 0. The van der Waals surface area contributed by atoms with Gasteiger partial charge in [0.05, 0.1) is 24.3 Å². The number of ether oxygens (including phenoxy) is 2. The second kappa shape index (κ2) is 9.75. The third-order valence-corrected chi connectivity index (χ3v) is 3.98. The summed E-state index contributed by atoms with van der Waals surface area (Å²) in [4.78, 5) is 24.7. The molecule has 0 spiro atoms. The van der Waals surface area contributed by atoms with Gasteiger partial charge in [0.15, 0.2) is 0 Å². The fourth-order valence-corrected chi connectivity index (χ4v) is 2.53. The molecule has 0 saturated heterocycles. The lowest BCUT2D eigenvalue weighted by Crippen LogP contribution is -2.16. The number of rotatable bonds is 8. The lowest BCUT2D eigenvalue weighted by atomic mass is 9.91. The Morgan fingerprint density at radius 2 is 1.08 bits per heavy atom. The SMILES string of the molecule is CC(C)(C)CCCOC(=O)c1ccccc1C(=O)OCCCC(C)(C)C. The van der Waals surface area contributed by atoms with Gasteiger partial charge in [-0.15, -0.1) is 0 Å². The van der Waals surface area contributed by atoms with E-state index < -0.39 is 11.9 Å². The molecule has 0 aliphatic rings. The average Bonchev–Trinajstić information content (AvgIpc) is 2.53. The third-order valence-electron chi connectivity index (χ3n) is 3.98. The van der Waals surface area contributed by atoms with Crippen molar-refractivity contribution >= 4 is 11.9 Å². The molecule has 0 amide bonds. The van der Waals surface area contributed by atoms with Gasteiger partial charge in [-0.25, -0.2) is 9.59 Å². The molecule has 1 aromatic rings. The van der Waals surface area contributed by atoms with E-state index in [1.807, 2.05) is 0 Å². The van der Waals surface area contributed by atoms with Crippen LogP contribution in [0.2, 0.25) is 0 Å². The fourth-order valence-electron chi connectivity index (χ4n) is 2.53.